The zero-order chi connectivity index (χ0) is 18.7. The zero-order valence-electron chi connectivity index (χ0n) is 15.9. The Kier molecular flexibility index (Phi) is 6.53. The summed E-state index contributed by atoms with van der Waals surface area (Å²) < 4.78 is 5.14. The third-order valence-corrected chi connectivity index (χ3v) is 6.37. The van der Waals surface area contributed by atoms with Gasteiger partial charge in [0.2, 0.25) is 0 Å². The highest BCUT2D eigenvalue weighted by Crippen LogP contribution is 2.55. The molecule has 1 unspecified atom stereocenters. The second kappa shape index (κ2) is 8.89. The quantitative estimate of drug-likeness (QED) is 0.362. The maximum Gasteiger partial charge on any atom is 0.302 e. The molecule has 0 saturated heterocycles. The lowest BCUT2D eigenvalue weighted by Crippen LogP contribution is -2.28. The van der Waals surface area contributed by atoms with Gasteiger partial charge in [-0.15, -0.1) is 23.7 Å². The molecule has 0 radical (unpaired) electrons. The number of esters is 1. The van der Waals surface area contributed by atoms with Crippen LogP contribution in [0.25, 0.3) is 10.4 Å². The van der Waals surface area contributed by atoms with Crippen LogP contribution in [0.3, 0.4) is 0 Å². The first kappa shape index (κ1) is 20.6. The number of fused-ring (bicyclic) bond motifs is 3. The van der Waals surface area contributed by atoms with Crippen molar-refractivity contribution < 1.29 is 9.53 Å². The predicted octanol–water partition coefficient (Wildman–Crippen LogP) is 5.81. The van der Waals surface area contributed by atoms with E-state index in [1.54, 1.807) is 0 Å². The van der Waals surface area contributed by atoms with E-state index in [0.717, 1.165) is 25.7 Å². The smallest absolute Gasteiger partial charge is 0.302 e. The van der Waals surface area contributed by atoms with Gasteiger partial charge in [0.05, 0.1) is 6.61 Å². The van der Waals surface area contributed by atoms with E-state index in [1.165, 1.54) is 34.1 Å². The lowest BCUT2D eigenvalue weighted by molar-refractivity contribution is -0.141. The minimum atomic E-state index is -0.201. The van der Waals surface area contributed by atoms with E-state index in [2.05, 4.69) is 52.8 Å². The van der Waals surface area contributed by atoms with Gasteiger partial charge in [0, 0.05) is 29.6 Å². The maximum absolute atomic E-state index is 11.0. The van der Waals surface area contributed by atoms with Crippen molar-refractivity contribution in [2.75, 3.05) is 6.61 Å². The van der Waals surface area contributed by atoms with Gasteiger partial charge in [-0.05, 0) is 71.5 Å². The first-order valence-electron chi connectivity index (χ1n) is 9.41. The molecular weight excluding hydrogens is 390 g/mol. The number of hydrogen-bond donors (Lipinski definition) is 0. The molecule has 0 N–H and O–H groups in total. The number of thiophene rings is 1. The molecule has 0 bridgehead atoms. The summed E-state index contributed by atoms with van der Waals surface area (Å²) in [6.07, 6.45) is 7.65. The Bertz CT molecular complexity index is 941. The number of halogens is 1. The SMILES string of the molecule is CC(=O)OCCCCC1(Cc2ccncc2)c2ccccc2-c2sccc21.Cl. The number of unbranched alkanes of at least 4 members (excludes halogenated alkanes) is 1. The minimum Gasteiger partial charge on any atom is -0.466 e. The summed E-state index contributed by atoms with van der Waals surface area (Å²) in [4.78, 5) is 16.6. The standard InChI is InChI=1S/C23H23NO2S.ClH/c1-17(25)26-14-5-4-11-23(16-18-8-12-24-13-9-18)20-7-3-2-6-19(20)22-21(23)10-15-27-22;/h2-3,6-10,12-13,15H,4-5,11,14,16H2,1H3;1H. The molecule has 0 saturated carbocycles. The summed E-state index contributed by atoms with van der Waals surface area (Å²) in [6.45, 7) is 1.97. The highest BCUT2D eigenvalue weighted by molar-refractivity contribution is 7.14. The topological polar surface area (TPSA) is 39.2 Å². The first-order valence-corrected chi connectivity index (χ1v) is 10.3. The summed E-state index contributed by atoms with van der Waals surface area (Å²) in [5.41, 5.74) is 5.52. The molecule has 28 heavy (non-hydrogen) atoms. The van der Waals surface area contributed by atoms with E-state index in [9.17, 15) is 4.79 Å². The van der Waals surface area contributed by atoms with E-state index in [-0.39, 0.29) is 23.8 Å². The van der Waals surface area contributed by atoms with Gasteiger partial charge in [-0.25, -0.2) is 0 Å². The lowest BCUT2D eigenvalue weighted by Gasteiger charge is -2.32. The Balaban J connectivity index is 0.00000225. The molecule has 1 aliphatic rings. The summed E-state index contributed by atoms with van der Waals surface area (Å²) in [5, 5.41) is 2.21. The Hall–Kier alpha value is -2.17. The van der Waals surface area contributed by atoms with Gasteiger partial charge in [-0.1, -0.05) is 24.3 Å². The fourth-order valence-electron chi connectivity index (χ4n) is 4.28. The van der Waals surface area contributed by atoms with Gasteiger partial charge >= 0.3 is 5.97 Å². The number of hydrogen-bond acceptors (Lipinski definition) is 4. The van der Waals surface area contributed by atoms with Crippen molar-refractivity contribution in [3.05, 3.63) is 76.9 Å². The van der Waals surface area contributed by atoms with Crippen molar-refractivity contribution in [3.8, 4) is 10.4 Å². The van der Waals surface area contributed by atoms with Gasteiger partial charge in [0.15, 0.2) is 0 Å². The van der Waals surface area contributed by atoms with E-state index in [0.29, 0.717) is 6.61 Å². The second-order valence-electron chi connectivity index (χ2n) is 7.12. The third kappa shape index (κ3) is 3.85. The van der Waals surface area contributed by atoms with Crippen LogP contribution in [0, 0.1) is 0 Å². The van der Waals surface area contributed by atoms with Gasteiger partial charge in [-0.2, -0.15) is 0 Å². The average molecular weight is 414 g/mol. The molecule has 146 valence electrons. The molecule has 4 rings (SSSR count). The minimum absolute atomic E-state index is 0. The van der Waals surface area contributed by atoms with E-state index >= 15 is 0 Å². The second-order valence-corrected chi connectivity index (χ2v) is 8.04. The van der Waals surface area contributed by atoms with Crippen LogP contribution in [0.4, 0.5) is 0 Å². The molecule has 3 aromatic rings. The van der Waals surface area contributed by atoms with Crippen molar-refractivity contribution in [1.29, 1.82) is 0 Å². The Morgan fingerprint density at radius 2 is 1.86 bits per heavy atom. The van der Waals surface area contributed by atoms with Gasteiger partial charge in [0.1, 0.15) is 0 Å². The fraction of sp³-hybridized carbons (Fsp3) is 0.304. The number of pyridine rings is 1. The van der Waals surface area contributed by atoms with Crippen molar-refractivity contribution in [2.45, 2.75) is 38.0 Å². The molecule has 1 aliphatic carbocycles. The summed E-state index contributed by atoms with van der Waals surface area (Å²) in [5.74, 6) is -0.201. The molecule has 2 heterocycles. The molecule has 1 aromatic carbocycles. The van der Waals surface area contributed by atoms with Crippen LogP contribution in [0.5, 0.6) is 0 Å². The summed E-state index contributed by atoms with van der Waals surface area (Å²) in [6, 6.07) is 15.3. The number of carbonyl (C=O) groups is 1. The van der Waals surface area contributed by atoms with Gasteiger partial charge in [0.25, 0.3) is 0 Å². The molecule has 0 fully saturated rings. The third-order valence-electron chi connectivity index (χ3n) is 5.43. The van der Waals surface area contributed by atoms with Crippen LogP contribution in [-0.2, 0) is 21.4 Å². The highest BCUT2D eigenvalue weighted by Gasteiger charge is 2.43. The van der Waals surface area contributed by atoms with Crippen molar-refractivity contribution in [1.82, 2.24) is 4.98 Å². The Labute approximate surface area is 176 Å². The van der Waals surface area contributed by atoms with Crippen LogP contribution < -0.4 is 0 Å². The number of aromatic nitrogens is 1. The lowest BCUT2D eigenvalue weighted by atomic mass is 9.71. The summed E-state index contributed by atoms with van der Waals surface area (Å²) in [7, 11) is 0. The number of benzene rings is 1. The molecule has 0 spiro atoms. The fourth-order valence-corrected chi connectivity index (χ4v) is 5.32. The Morgan fingerprint density at radius 1 is 1.07 bits per heavy atom. The normalized spacial score (nSPS) is 16.8. The number of carbonyl (C=O) groups excluding carboxylic acids is 1. The van der Waals surface area contributed by atoms with E-state index in [1.807, 2.05) is 23.7 Å². The van der Waals surface area contributed by atoms with Gasteiger partial charge < -0.3 is 4.74 Å². The summed E-state index contributed by atoms with van der Waals surface area (Å²) >= 11 is 1.83. The molecular formula is C23H24ClNO2S. The number of ether oxygens (including phenoxy) is 1. The van der Waals surface area contributed by atoms with Crippen LogP contribution in [0.2, 0.25) is 0 Å². The molecule has 5 heteroatoms. The highest BCUT2D eigenvalue weighted by atomic mass is 35.5. The van der Waals surface area contributed by atoms with Crippen molar-refractivity contribution >= 4 is 29.7 Å². The van der Waals surface area contributed by atoms with E-state index < -0.39 is 0 Å². The van der Waals surface area contributed by atoms with Crippen LogP contribution in [-0.4, -0.2) is 17.6 Å². The number of rotatable bonds is 7. The molecule has 3 nitrogen and oxygen atoms in total. The van der Waals surface area contributed by atoms with Crippen molar-refractivity contribution in [3.63, 3.8) is 0 Å². The molecule has 1 atom stereocenters. The van der Waals surface area contributed by atoms with E-state index in [4.69, 9.17) is 4.74 Å². The van der Waals surface area contributed by atoms with Crippen molar-refractivity contribution in [2.24, 2.45) is 0 Å². The Morgan fingerprint density at radius 3 is 2.64 bits per heavy atom. The largest absolute Gasteiger partial charge is 0.466 e. The first-order chi connectivity index (χ1) is 13.2. The van der Waals surface area contributed by atoms with Crippen LogP contribution in [0.1, 0.15) is 42.9 Å². The zero-order valence-corrected chi connectivity index (χ0v) is 17.5. The molecule has 2 aromatic heterocycles. The van der Waals surface area contributed by atoms with Crippen LogP contribution in [0.15, 0.2) is 60.2 Å². The van der Waals surface area contributed by atoms with Crippen LogP contribution >= 0.6 is 23.7 Å². The van der Waals surface area contributed by atoms with Gasteiger partial charge in [-0.3, -0.25) is 9.78 Å². The number of nitrogens with zero attached hydrogens (tertiary/aromatic N) is 1. The monoisotopic (exact) mass is 413 g/mol. The maximum atomic E-state index is 11.0. The molecule has 0 aliphatic heterocycles. The predicted molar refractivity (Wildman–Crippen MR) is 116 cm³/mol. The average Bonchev–Trinajstić information content (AvgIpc) is 3.25. The molecule has 0 amide bonds.